The van der Waals surface area contributed by atoms with Gasteiger partial charge in [-0.25, -0.2) is 0 Å². The summed E-state index contributed by atoms with van der Waals surface area (Å²) < 4.78 is 4.64. The fourth-order valence-electron chi connectivity index (χ4n) is 5.17. The van der Waals surface area contributed by atoms with Gasteiger partial charge in [-0.1, -0.05) is 51.2 Å². The van der Waals surface area contributed by atoms with Gasteiger partial charge in [-0.3, -0.25) is 9.59 Å². The summed E-state index contributed by atoms with van der Waals surface area (Å²) in [5.41, 5.74) is 0.0901. The molecule has 0 aliphatic heterocycles. The maximum absolute atomic E-state index is 12.3. The molecule has 2 rings (SSSR count). The average molecular weight is 409 g/mol. The van der Waals surface area contributed by atoms with Gasteiger partial charge in [-0.05, 0) is 43.9 Å². The summed E-state index contributed by atoms with van der Waals surface area (Å²) in [5, 5.41) is 21.0. The Balaban J connectivity index is 1.77. The van der Waals surface area contributed by atoms with E-state index in [-0.39, 0.29) is 41.5 Å². The number of ether oxygens (including phenoxy) is 1. The first kappa shape index (κ1) is 24.1. The molecule has 166 valence electrons. The zero-order chi connectivity index (χ0) is 21.3. The Labute approximate surface area is 175 Å². The first-order valence-corrected chi connectivity index (χ1v) is 11.6. The number of aliphatic hydroxyl groups excluding tert-OH is 2. The molecule has 0 unspecified atom stereocenters. The molecule has 0 spiro atoms. The van der Waals surface area contributed by atoms with Crippen LogP contribution in [0, 0.1) is 17.3 Å². The number of carbonyl (C=O) groups is 2. The molecular formula is C24H40O5. The number of Topliss-reactive ketones (excluding diaryl/α,β-unsaturated/α-hetero) is 1. The lowest BCUT2D eigenvalue weighted by atomic mass is 9.62. The van der Waals surface area contributed by atoms with Crippen LogP contribution >= 0.6 is 0 Å². The number of esters is 1. The van der Waals surface area contributed by atoms with E-state index in [4.69, 9.17) is 0 Å². The lowest BCUT2D eigenvalue weighted by Gasteiger charge is -2.45. The predicted octanol–water partition coefficient (Wildman–Crippen LogP) is 4.34. The van der Waals surface area contributed by atoms with Gasteiger partial charge in [0.25, 0.3) is 0 Å². The summed E-state index contributed by atoms with van der Waals surface area (Å²) in [4.78, 5) is 23.5. The summed E-state index contributed by atoms with van der Waals surface area (Å²) in [7, 11) is 1.40. The lowest BCUT2D eigenvalue weighted by Crippen LogP contribution is -2.41. The average Bonchev–Trinajstić information content (AvgIpc) is 2.93. The van der Waals surface area contributed by atoms with Crippen LogP contribution < -0.4 is 0 Å². The van der Waals surface area contributed by atoms with Gasteiger partial charge >= 0.3 is 5.97 Å². The number of hydrogen-bond acceptors (Lipinski definition) is 5. The first-order valence-electron chi connectivity index (χ1n) is 11.6. The Bertz CT molecular complexity index is 551. The zero-order valence-corrected chi connectivity index (χ0v) is 18.3. The molecule has 2 aliphatic carbocycles. The highest BCUT2D eigenvalue weighted by atomic mass is 16.5. The predicted molar refractivity (Wildman–Crippen MR) is 113 cm³/mol. The van der Waals surface area contributed by atoms with Gasteiger partial charge in [-0.2, -0.15) is 0 Å². The number of methoxy groups -OCH3 is 1. The lowest BCUT2D eigenvalue weighted by molar-refractivity contribution is -0.140. The monoisotopic (exact) mass is 408 g/mol. The Morgan fingerprint density at radius 1 is 1.28 bits per heavy atom. The van der Waals surface area contributed by atoms with E-state index in [2.05, 4.69) is 11.7 Å². The van der Waals surface area contributed by atoms with Crippen LogP contribution in [0.4, 0.5) is 0 Å². The van der Waals surface area contributed by atoms with Crippen molar-refractivity contribution in [3.63, 3.8) is 0 Å². The zero-order valence-electron chi connectivity index (χ0n) is 18.3. The molecule has 0 radical (unpaired) electrons. The normalized spacial score (nSPS) is 27.2. The molecule has 2 fully saturated rings. The molecule has 2 aliphatic rings. The van der Waals surface area contributed by atoms with Gasteiger partial charge in [0, 0.05) is 24.7 Å². The van der Waals surface area contributed by atoms with Crippen molar-refractivity contribution in [2.24, 2.45) is 17.3 Å². The van der Waals surface area contributed by atoms with Gasteiger partial charge in [-0.15, -0.1) is 0 Å². The van der Waals surface area contributed by atoms with E-state index in [0.29, 0.717) is 12.8 Å². The standard InChI is InChI=1S/C24H40O5/c1-3-14-24(15-9-16-24)22(27)12-8-11-19-18(20(25)17-21(19)26)10-6-4-5-7-13-23(28)29-2/h8,11,18-19,21-22,26-27H,3-7,9-10,12-17H2,1-2H3/b11-8+/t18-,19+,21+,22+/m0/s1. The molecule has 0 bridgehead atoms. The number of hydrogen-bond donors (Lipinski definition) is 2. The molecular weight excluding hydrogens is 368 g/mol. The third-order valence-electron chi connectivity index (χ3n) is 7.13. The van der Waals surface area contributed by atoms with Crippen molar-refractivity contribution in [3.05, 3.63) is 12.2 Å². The topological polar surface area (TPSA) is 83.8 Å². The number of unbranched alkanes of at least 4 members (excludes halogenated alkanes) is 3. The molecule has 0 aromatic rings. The minimum atomic E-state index is -0.603. The smallest absolute Gasteiger partial charge is 0.305 e. The Kier molecular flexibility index (Phi) is 9.84. The Morgan fingerprint density at radius 3 is 2.62 bits per heavy atom. The summed E-state index contributed by atoms with van der Waals surface area (Å²) in [5.74, 6) is -0.265. The molecule has 29 heavy (non-hydrogen) atoms. The fraction of sp³-hybridized carbons (Fsp3) is 0.833. The maximum atomic E-state index is 12.3. The van der Waals surface area contributed by atoms with E-state index in [1.807, 2.05) is 12.2 Å². The Hall–Kier alpha value is -1.20. The first-order chi connectivity index (χ1) is 13.9. The van der Waals surface area contributed by atoms with E-state index >= 15 is 0 Å². The van der Waals surface area contributed by atoms with Gasteiger partial charge in [0.15, 0.2) is 0 Å². The second-order valence-corrected chi connectivity index (χ2v) is 9.10. The van der Waals surface area contributed by atoms with Gasteiger partial charge in [0.2, 0.25) is 0 Å². The van der Waals surface area contributed by atoms with Crippen molar-refractivity contribution in [3.8, 4) is 0 Å². The summed E-state index contributed by atoms with van der Waals surface area (Å²) >= 11 is 0. The molecule has 4 atom stereocenters. The number of carbonyl (C=O) groups excluding carboxylic acids is 2. The highest BCUT2D eigenvalue weighted by Crippen LogP contribution is 2.48. The molecule has 0 aromatic carbocycles. The molecule has 0 aromatic heterocycles. The van der Waals surface area contributed by atoms with E-state index < -0.39 is 6.10 Å². The summed E-state index contributed by atoms with van der Waals surface area (Å²) in [6, 6.07) is 0. The van der Waals surface area contributed by atoms with Crippen LogP contribution in [-0.4, -0.2) is 41.3 Å². The molecule has 2 N–H and O–H groups in total. The SMILES string of the molecule is CCCC1([C@H](O)C/C=C/[C@H]2[C@H](O)CC(=O)[C@H]2CCCCCCC(=O)OC)CCC1. The van der Waals surface area contributed by atoms with Crippen LogP contribution in [0.15, 0.2) is 12.2 Å². The van der Waals surface area contributed by atoms with Crippen LogP contribution in [0.25, 0.3) is 0 Å². The minimum Gasteiger partial charge on any atom is -0.469 e. The van der Waals surface area contributed by atoms with Crippen molar-refractivity contribution in [2.75, 3.05) is 7.11 Å². The van der Waals surface area contributed by atoms with E-state index in [9.17, 15) is 19.8 Å². The van der Waals surface area contributed by atoms with Crippen LogP contribution in [0.2, 0.25) is 0 Å². The maximum Gasteiger partial charge on any atom is 0.305 e. The van der Waals surface area contributed by atoms with Crippen LogP contribution in [0.3, 0.4) is 0 Å². The third kappa shape index (κ3) is 6.65. The van der Waals surface area contributed by atoms with Crippen molar-refractivity contribution in [2.45, 2.75) is 103 Å². The summed E-state index contributed by atoms with van der Waals surface area (Å²) in [6.45, 7) is 2.17. The molecule has 5 nitrogen and oxygen atoms in total. The molecule has 0 heterocycles. The van der Waals surface area contributed by atoms with Crippen LogP contribution in [-0.2, 0) is 14.3 Å². The largest absolute Gasteiger partial charge is 0.469 e. The van der Waals surface area contributed by atoms with Crippen molar-refractivity contribution >= 4 is 11.8 Å². The van der Waals surface area contributed by atoms with Crippen molar-refractivity contribution in [1.82, 2.24) is 0 Å². The molecule has 0 saturated heterocycles. The highest BCUT2D eigenvalue weighted by Gasteiger charge is 2.42. The molecule has 5 heteroatoms. The quantitative estimate of drug-likeness (QED) is 0.269. The van der Waals surface area contributed by atoms with Crippen LogP contribution in [0.1, 0.15) is 90.4 Å². The van der Waals surface area contributed by atoms with Gasteiger partial charge < -0.3 is 14.9 Å². The van der Waals surface area contributed by atoms with Crippen molar-refractivity contribution in [1.29, 1.82) is 0 Å². The van der Waals surface area contributed by atoms with Gasteiger partial charge in [0.05, 0.1) is 19.3 Å². The minimum absolute atomic E-state index is 0.0901. The molecule has 0 amide bonds. The highest BCUT2D eigenvalue weighted by molar-refractivity contribution is 5.84. The number of aliphatic hydroxyl groups is 2. The third-order valence-corrected chi connectivity index (χ3v) is 7.13. The van der Waals surface area contributed by atoms with Gasteiger partial charge in [0.1, 0.15) is 5.78 Å². The summed E-state index contributed by atoms with van der Waals surface area (Å²) in [6.07, 6.45) is 14.4. The second-order valence-electron chi connectivity index (χ2n) is 9.10. The van der Waals surface area contributed by atoms with E-state index in [1.165, 1.54) is 13.5 Å². The number of ketones is 1. The van der Waals surface area contributed by atoms with E-state index in [1.54, 1.807) is 0 Å². The van der Waals surface area contributed by atoms with Crippen LogP contribution in [0.5, 0.6) is 0 Å². The van der Waals surface area contributed by atoms with E-state index in [0.717, 1.165) is 57.8 Å². The second kappa shape index (κ2) is 11.8. The Morgan fingerprint density at radius 2 is 2.00 bits per heavy atom. The molecule has 2 saturated carbocycles. The van der Waals surface area contributed by atoms with Crippen molar-refractivity contribution < 1.29 is 24.5 Å². The fourth-order valence-corrected chi connectivity index (χ4v) is 5.17. The number of rotatable bonds is 13.